The predicted molar refractivity (Wildman–Crippen MR) is 90.8 cm³/mol. The van der Waals surface area contributed by atoms with Crippen molar-refractivity contribution in [2.45, 2.75) is 6.04 Å². The second-order valence-electron chi connectivity index (χ2n) is 5.07. The zero-order chi connectivity index (χ0) is 14.7. The molecular weight excluding hydrogens is 323 g/mol. The van der Waals surface area contributed by atoms with E-state index in [9.17, 15) is 4.39 Å². The molecule has 0 saturated carbocycles. The van der Waals surface area contributed by atoms with Crippen LogP contribution in [0.15, 0.2) is 35.7 Å². The maximum Gasteiger partial charge on any atom is 0.170 e. The smallest absolute Gasteiger partial charge is 0.170 e. The van der Waals surface area contributed by atoms with Crippen molar-refractivity contribution < 1.29 is 9.13 Å². The van der Waals surface area contributed by atoms with Gasteiger partial charge in [0.2, 0.25) is 0 Å². The lowest BCUT2D eigenvalue weighted by Gasteiger charge is -2.35. The summed E-state index contributed by atoms with van der Waals surface area (Å²) in [4.78, 5) is 3.50. The molecule has 1 aliphatic heterocycles. The average molecular weight is 343 g/mol. The Kier molecular flexibility index (Phi) is 6.20. The van der Waals surface area contributed by atoms with E-state index in [0.717, 1.165) is 26.2 Å². The van der Waals surface area contributed by atoms with Gasteiger partial charge < -0.3 is 10.1 Å². The van der Waals surface area contributed by atoms with E-state index < -0.39 is 0 Å². The molecule has 3 nitrogen and oxygen atoms in total. The number of nitrogens with one attached hydrogen (secondary N) is 1. The number of hydrogen-bond acceptors (Lipinski definition) is 4. The van der Waals surface area contributed by atoms with E-state index in [-0.39, 0.29) is 24.3 Å². The number of halogens is 2. The molecular formula is C16H20ClFN2OS. The minimum absolute atomic E-state index is 0. The molecule has 3 rings (SSSR count). The molecule has 1 aromatic heterocycles. The van der Waals surface area contributed by atoms with Gasteiger partial charge >= 0.3 is 0 Å². The molecule has 0 amide bonds. The van der Waals surface area contributed by atoms with E-state index in [1.165, 1.54) is 12.0 Å². The Morgan fingerprint density at radius 2 is 2.00 bits per heavy atom. The molecule has 1 aromatic carbocycles. The van der Waals surface area contributed by atoms with Gasteiger partial charge in [-0.25, -0.2) is 4.39 Å². The van der Waals surface area contributed by atoms with Gasteiger partial charge in [-0.1, -0.05) is 18.2 Å². The molecule has 0 unspecified atom stereocenters. The van der Waals surface area contributed by atoms with Crippen LogP contribution in [0.3, 0.4) is 0 Å². The molecule has 0 aliphatic carbocycles. The van der Waals surface area contributed by atoms with E-state index in [4.69, 9.17) is 4.74 Å². The number of methoxy groups -OCH3 is 1. The number of benzene rings is 1. The minimum atomic E-state index is -0.253. The number of rotatable bonds is 4. The maximum atomic E-state index is 14.7. The van der Waals surface area contributed by atoms with Crippen LogP contribution < -0.4 is 10.1 Å². The molecule has 1 atom stereocenters. The van der Waals surface area contributed by atoms with Crippen molar-refractivity contribution in [2.24, 2.45) is 0 Å². The van der Waals surface area contributed by atoms with E-state index in [2.05, 4.69) is 16.3 Å². The molecule has 22 heavy (non-hydrogen) atoms. The Bertz CT molecular complexity index is 588. The second-order valence-corrected chi connectivity index (χ2v) is 6.05. The molecule has 0 spiro atoms. The summed E-state index contributed by atoms with van der Waals surface area (Å²) < 4.78 is 19.8. The lowest BCUT2D eigenvalue weighted by Crippen LogP contribution is -2.45. The van der Waals surface area contributed by atoms with Crippen molar-refractivity contribution >= 4 is 23.7 Å². The fourth-order valence-corrected chi connectivity index (χ4v) is 3.69. The number of thiophene rings is 1. The van der Waals surface area contributed by atoms with Crippen molar-refractivity contribution in [3.05, 3.63) is 52.0 Å². The van der Waals surface area contributed by atoms with Gasteiger partial charge in [-0.2, -0.15) is 0 Å². The summed E-state index contributed by atoms with van der Waals surface area (Å²) in [5.41, 5.74) is 0.693. The topological polar surface area (TPSA) is 24.5 Å². The Balaban J connectivity index is 0.00000176. The van der Waals surface area contributed by atoms with Crippen LogP contribution >= 0.6 is 23.7 Å². The number of nitrogens with zero attached hydrogens (tertiary/aromatic N) is 1. The van der Waals surface area contributed by atoms with Crippen molar-refractivity contribution in [3.63, 3.8) is 0 Å². The van der Waals surface area contributed by atoms with E-state index in [1.54, 1.807) is 17.4 Å². The highest BCUT2D eigenvalue weighted by Gasteiger charge is 2.28. The van der Waals surface area contributed by atoms with Crippen LogP contribution in [0.25, 0.3) is 0 Å². The van der Waals surface area contributed by atoms with Crippen LogP contribution in [0.4, 0.5) is 4.39 Å². The quantitative estimate of drug-likeness (QED) is 0.922. The average Bonchev–Trinajstić information content (AvgIpc) is 3.04. The first-order valence-corrected chi connectivity index (χ1v) is 8.00. The molecule has 1 N–H and O–H groups in total. The molecule has 0 radical (unpaired) electrons. The zero-order valence-corrected chi connectivity index (χ0v) is 14.1. The molecule has 2 heterocycles. The van der Waals surface area contributed by atoms with Gasteiger partial charge in [0.15, 0.2) is 11.6 Å². The predicted octanol–water partition coefficient (Wildman–Crippen LogP) is 3.31. The van der Waals surface area contributed by atoms with Gasteiger partial charge in [0.1, 0.15) is 0 Å². The van der Waals surface area contributed by atoms with Crippen LogP contribution in [0.5, 0.6) is 5.75 Å². The van der Waals surface area contributed by atoms with Gasteiger partial charge in [-0.3, -0.25) is 4.90 Å². The molecule has 1 saturated heterocycles. The molecule has 1 aliphatic rings. The summed E-state index contributed by atoms with van der Waals surface area (Å²) in [6.45, 7) is 3.71. The fourth-order valence-electron chi connectivity index (χ4n) is 2.81. The molecule has 1 fully saturated rings. The normalized spacial score (nSPS) is 16.8. The zero-order valence-electron chi connectivity index (χ0n) is 12.4. The number of hydrogen-bond donors (Lipinski definition) is 1. The van der Waals surface area contributed by atoms with Gasteiger partial charge in [0, 0.05) is 36.6 Å². The maximum absolute atomic E-state index is 14.7. The van der Waals surface area contributed by atoms with Gasteiger partial charge in [-0.15, -0.1) is 23.7 Å². The molecule has 2 aromatic rings. The Morgan fingerprint density at radius 3 is 2.64 bits per heavy atom. The SMILES string of the molecule is COc1cccc([C@H](c2cccs2)N2CCNCC2)c1F.Cl. The monoisotopic (exact) mass is 342 g/mol. The third-order valence-corrected chi connectivity index (χ3v) is 4.76. The van der Waals surface area contributed by atoms with Crippen LogP contribution in [0.1, 0.15) is 16.5 Å². The van der Waals surface area contributed by atoms with Crippen molar-refractivity contribution in [2.75, 3.05) is 33.3 Å². The van der Waals surface area contributed by atoms with Crippen molar-refractivity contribution in [1.82, 2.24) is 10.2 Å². The highest BCUT2D eigenvalue weighted by Crippen LogP contribution is 2.35. The number of piperazine rings is 1. The third-order valence-electron chi connectivity index (χ3n) is 3.84. The second kappa shape index (κ2) is 7.92. The van der Waals surface area contributed by atoms with Gasteiger partial charge in [0.25, 0.3) is 0 Å². The standard InChI is InChI=1S/C16H19FN2OS.ClH/c1-20-13-5-2-4-12(15(13)17)16(14-6-3-11-21-14)19-9-7-18-8-10-19;/h2-6,11,16,18H,7-10H2,1H3;1H/t16-;/m1./s1. The first-order valence-electron chi connectivity index (χ1n) is 7.12. The summed E-state index contributed by atoms with van der Waals surface area (Å²) in [7, 11) is 1.51. The van der Waals surface area contributed by atoms with Crippen LogP contribution in [0.2, 0.25) is 0 Å². The fraction of sp³-hybridized carbons (Fsp3) is 0.375. The van der Waals surface area contributed by atoms with E-state index >= 15 is 0 Å². The first kappa shape index (κ1) is 17.2. The largest absolute Gasteiger partial charge is 0.494 e. The Morgan fingerprint density at radius 1 is 1.23 bits per heavy atom. The van der Waals surface area contributed by atoms with Crippen LogP contribution in [0, 0.1) is 5.82 Å². The first-order chi connectivity index (χ1) is 10.3. The lowest BCUT2D eigenvalue weighted by molar-refractivity contribution is 0.197. The van der Waals surface area contributed by atoms with Gasteiger partial charge in [-0.05, 0) is 17.5 Å². The summed E-state index contributed by atoms with van der Waals surface area (Å²) in [6, 6.07) is 9.46. The summed E-state index contributed by atoms with van der Waals surface area (Å²) in [5.74, 6) is 0.0566. The number of ether oxygens (including phenoxy) is 1. The molecule has 120 valence electrons. The molecule has 0 bridgehead atoms. The van der Waals surface area contributed by atoms with E-state index in [1.807, 2.05) is 23.6 Å². The highest BCUT2D eigenvalue weighted by atomic mass is 35.5. The summed E-state index contributed by atoms with van der Waals surface area (Å²) >= 11 is 1.67. The van der Waals surface area contributed by atoms with Crippen LogP contribution in [-0.2, 0) is 0 Å². The highest BCUT2D eigenvalue weighted by molar-refractivity contribution is 7.10. The Hall–Kier alpha value is -1.14. The van der Waals surface area contributed by atoms with E-state index in [0.29, 0.717) is 11.3 Å². The third kappa shape index (κ3) is 3.43. The van der Waals surface area contributed by atoms with Crippen molar-refractivity contribution in [3.8, 4) is 5.75 Å². The van der Waals surface area contributed by atoms with Gasteiger partial charge in [0.05, 0.1) is 13.2 Å². The summed E-state index contributed by atoms with van der Waals surface area (Å²) in [5, 5.41) is 5.39. The van der Waals surface area contributed by atoms with Crippen molar-refractivity contribution in [1.29, 1.82) is 0 Å². The summed E-state index contributed by atoms with van der Waals surface area (Å²) in [6.07, 6.45) is 0. The molecule has 6 heteroatoms. The Labute approximate surface area is 140 Å². The van der Waals surface area contributed by atoms with Crippen LogP contribution in [-0.4, -0.2) is 38.2 Å². The minimum Gasteiger partial charge on any atom is -0.494 e. The lowest BCUT2D eigenvalue weighted by atomic mass is 10.0.